The fourth-order valence-corrected chi connectivity index (χ4v) is 4.87. The molecule has 0 spiro atoms. The Morgan fingerprint density at radius 1 is 0.510 bits per heavy atom. The third-order valence-corrected chi connectivity index (χ3v) is 8.13. The zero-order chi connectivity index (χ0) is 35.7. The van der Waals surface area contributed by atoms with Gasteiger partial charge in [-0.05, 0) is 56.3 Å². The van der Waals surface area contributed by atoms with Gasteiger partial charge in [-0.1, -0.05) is 126 Å². The fraction of sp³-hybridized carbons (Fsp3) is 0.111. The van der Waals surface area contributed by atoms with E-state index >= 15 is 0 Å². The second-order valence-corrected chi connectivity index (χ2v) is 12.8. The monoisotopic (exact) mass is 896 g/mol. The Kier molecular flexibility index (Phi) is 23.5. The number of hydrogen-bond donors (Lipinski definition) is 2. The van der Waals surface area contributed by atoms with Gasteiger partial charge in [-0.25, -0.2) is 26.3 Å². The van der Waals surface area contributed by atoms with Gasteiger partial charge in [0.1, 0.15) is 0 Å². The van der Waals surface area contributed by atoms with Crippen LogP contribution in [0.15, 0.2) is 149 Å². The van der Waals surface area contributed by atoms with Crippen LogP contribution in [-0.4, -0.2) is 68.1 Å². The van der Waals surface area contributed by atoms with Crippen molar-refractivity contribution < 1.29 is 36.6 Å². The van der Waals surface area contributed by atoms with Gasteiger partial charge in [0.25, 0.3) is 0 Å². The summed E-state index contributed by atoms with van der Waals surface area (Å²) in [6, 6.07) is 49.7. The summed E-state index contributed by atoms with van der Waals surface area (Å²) >= 11 is 0. The van der Waals surface area contributed by atoms with E-state index in [0.29, 0.717) is 0 Å². The van der Waals surface area contributed by atoms with Crippen LogP contribution in [0.4, 0.5) is 0 Å². The summed E-state index contributed by atoms with van der Waals surface area (Å²) in [5.41, 5.74) is 1.85. The molecule has 0 amide bonds. The van der Waals surface area contributed by atoms with Crippen molar-refractivity contribution >= 4 is 58.2 Å². The van der Waals surface area contributed by atoms with Gasteiger partial charge in [-0.2, -0.15) is 0 Å². The summed E-state index contributed by atoms with van der Waals surface area (Å²) in [5.74, 6) is -2.93. The van der Waals surface area contributed by atoms with Crippen molar-refractivity contribution in [1.29, 1.82) is 0 Å². The van der Waals surface area contributed by atoms with E-state index in [2.05, 4.69) is 18.2 Å². The minimum Gasteiger partial charge on any atom is -0.549 e. The third kappa shape index (κ3) is 22.9. The van der Waals surface area contributed by atoms with Crippen molar-refractivity contribution in [1.82, 2.24) is 9.44 Å². The topological polar surface area (TPSA) is 173 Å². The zero-order valence-electron chi connectivity index (χ0n) is 26.7. The van der Waals surface area contributed by atoms with Crippen LogP contribution in [0.1, 0.15) is 11.1 Å². The summed E-state index contributed by atoms with van der Waals surface area (Å²) in [4.78, 5) is 20.3. The molecule has 5 rings (SSSR count). The van der Waals surface area contributed by atoms with Gasteiger partial charge in [0.05, 0.1) is 34.8 Å². The number of aliphatic carboxylic acids is 2. The average molecular weight is 897 g/mol. The van der Waals surface area contributed by atoms with E-state index in [1.165, 1.54) is 24.3 Å². The predicted molar refractivity (Wildman–Crippen MR) is 184 cm³/mol. The number of rotatable bonds is 8. The smallest absolute Gasteiger partial charge is 0.549 e. The molecule has 0 aliphatic heterocycles. The van der Waals surface area contributed by atoms with Crippen LogP contribution in [0, 0.1) is 32.0 Å². The number of carboxylic acid groups (broad SMARTS) is 2. The predicted octanol–water partition coefficient (Wildman–Crippen LogP) is 2.13. The van der Waals surface area contributed by atoms with Crippen molar-refractivity contribution in [2.75, 3.05) is 13.1 Å². The molecule has 0 saturated carbocycles. The molecule has 5 aromatic rings. The molecule has 0 atom stereocenters. The third-order valence-electron chi connectivity index (χ3n) is 5.30. The molecule has 0 fully saturated rings. The Labute approximate surface area is 308 Å². The minimum atomic E-state index is -3.74. The van der Waals surface area contributed by atoms with Crippen LogP contribution in [0.5, 0.6) is 0 Å². The van der Waals surface area contributed by atoms with Gasteiger partial charge in [0, 0.05) is 0 Å². The summed E-state index contributed by atoms with van der Waals surface area (Å²) in [5, 5.41) is 20.2. The quantitative estimate of drug-likeness (QED) is 0.223. The Bertz CT molecular complexity index is 1550. The van der Waals surface area contributed by atoms with Gasteiger partial charge in [0.15, 0.2) is 0 Å². The van der Waals surface area contributed by atoms with Crippen molar-refractivity contribution in [3.05, 3.63) is 169 Å². The van der Waals surface area contributed by atoms with Gasteiger partial charge >= 0.3 is 26.2 Å². The molecule has 10 nitrogen and oxygen atoms in total. The van der Waals surface area contributed by atoms with Crippen LogP contribution in [-0.2, 0) is 29.6 Å². The normalized spacial score (nSPS) is 9.84. The van der Waals surface area contributed by atoms with E-state index in [0.717, 1.165) is 11.1 Å². The van der Waals surface area contributed by atoms with E-state index in [4.69, 9.17) is 0 Å². The number of carbonyl (C=O) groups is 2. The van der Waals surface area contributed by atoms with Gasteiger partial charge < -0.3 is 19.8 Å². The molecule has 0 saturated heterocycles. The van der Waals surface area contributed by atoms with Crippen molar-refractivity contribution in [3.63, 3.8) is 0 Å². The maximum Gasteiger partial charge on any atom is 2.00 e. The molecule has 6 radical (unpaired) electrons. The summed E-state index contributed by atoms with van der Waals surface area (Å²) in [7, 11) is -7.49. The molecule has 0 aliphatic rings. The van der Waals surface area contributed by atoms with E-state index in [1.54, 1.807) is 24.3 Å². The molecule has 0 unspecified atom stereocenters. The SMILES string of the molecule is Cc1ccc(S(=O)(=O)NCC(=O)[O-])cc1.Cc1ccc(S(=O)(=O)NCC(=O)[O-])cc1.[Bi+2].[c]1ccccc1.[c]1ccccc1.[c]1ccccc1. The number of carbonyl (C=O) groups excluding carboxylic acids is 2. The largest absolute Gasteiger partial charge is 2.00 e. The van der Waals surface area contributed by atoms with Crippen molar-refractivity contribution in [3.8, 4) is 0 Å². The standard InChI is InChI=1S/2C9H11NO4S.3C6H5.Bi/c2*1-7-2-4-8(5-3-7)15(13,14)10-6-9(11)12;3*1-2-4-6-5-3-1;/h2*2-5,10H,6H2,1H3,(H,11,12);3*1-5H;/q;;;;;+2/p-2. The summed E-state index contributed by atoms with van der Waals surface area (Å²) < 4.78 is 49.6. The van der Waals surface area contributed by atoms with Gasteiger partial charge in [-0.3, -0.25) is 0 Å². The minimum absolute atomic E-state index is 0. The first-order valence-corrected chi connectivity index (χ1v) is 17.1. The van der Waals surface area contributed by atoms with Crippen molar-refractivity contribution in [2.24, 2.45) is 0 Å². The summed E-state index contributed by atoms with van der Waals surface area (Å²) in [6.45, 7) is 2.20. The molecule has 0 aromatic heterocycles. The molecule has 0 aliphatic carbocycles. The number of hydrogen-bond acceptors (Lipinski definition) is 8. The van der Waals surface area contributed by atoms with Gasteiger partial charge in [0.2, 0.25) is 20.0 Å². The maximum atomic E-state index is 11.4. The Hall–Kier alpha value is -4.26. The van der Waals surface area contributed by atoms with E-state index in [9.17, 15) is 36.6 Å². The van der Waals surface area contributed by atoms with E-state index < -0.39 is 45.1 Å². The Morgan fingerprint density at radius 3 is 0.918 bits per heavy atom. The van der Waals surface area contributed by atoms with Crippen LogP contribution in [0.25, 0.3) is 0 Å². The first kappa shape index (κ1) is 44.7. The number of nitrogens with one attached hydrogen (secondary N) is 2. The van der Waals surface area contributed by atoms with Crippen LogP contribution < -0.4 is 19.7 Å². The first-order chi connectivity index (χ1) is 22.8. The molecule has 13 heteroatoms. The number of benzene rings is 5. The first-order valence-electron chi connectivity index (χ1n) is 14.1. The second kappa shape index (κ2) is 25.7. The molecule has 5 aromatic carbocycles. The second-order valence-electron chi connectivity index (χ2n) is 9.25. The Balaban J connectivity index is 0.000000624. The van der Waals surface area contributed by atoms with Crippen LogP contribution >= 0.6 is 0 Å². The van der Waals surface area contributed by atoms with Crippen LogP contribution in [0.2, 0.25) is 0 Å². The average Bonchev–Trinajstić information content (AvgIpc) is 3.10. The number of carboxylic acids is 2. The molecule has 2 N–H and O–H groups in total. The van der Waals surface area contributed by atoms with E-state index in [1.807, 2.05) is 114 Å². The molecular formula is C36H35BiN2O8S2. The molecule has 254 valence electrons. The number of sulfonamides is 2. The number of aryl methyl sites for hydroxylation is 2. The molecule has 0 bridgehead atoms. The Morgan fingerprint density at radius 2 is 0.755 bits per heavy atom. The van der Waals surface area contributed by atoms with E-state index in [-0.39, 0.29) is 36.0 Å². The molecule has 0 heterocycles. The van der Waals surface area contributed by atoms with Crippen molar-refractivity contribution in [2.45, 2.75) is 23.6 Å². The maximum absolute atomic E-state index is 11.4. The zero-order valence-corrected chi connectivity index (χ0v) is 31.8. The van der Waals surface area contributed by atoms with Gasteiger partial charge in [-0.15, -0.1) is 0 Å². The molecular weight excluding hydrogens is 862 g/mol. The summed E-state index contributed by atoms with van der Waals surface area (Å²) in [6.07, 6.45) is 0. The fourth-order valence-electron chi connectivity index (χ4n) is 2.94. The van der Waals surface area contributed by atoms with Crippen LogP contribution in [0.3, 0.4) is 0 Å². The molecule has 49 heavy (non-hydrogen) atoms.